The minimum Gasteiger partial charge on any atom is -0.477 e. The smallest absolute Gasteiger partial charge is 0.349 e. The van der Waals surface area contributed by atoms with E-state index in [-0.39, 0.29) is 66.4 Å². The molecule has 1 N–H and O–H groups in total. The number of halogens is 2. The van der Waals surface area contributed by atoms with Crippen LogP contribution in [0.15, 0.2) is 0 Å². The molecule has 0 bridgehead atoms. The van der Waals surface area contributed by atoms with Crippen LogP contribution in [0.5, 0.6) is 0 Å². The van der Waals surface area contributed by atoms with E-state index < -0.39 is 5.97 Å². The first-order chi connectivity index (χ1) is 4.63. The van der Waals surface area contributed by atoms with Crippen molar-refractivity contribution < 1.29 is 9.90 Å². The molecule has 3 nitrogen and oxygen atoms in total. The Labute approximate surface area is 119 Å². The Morgan fingerprint density at radius 3 is 2.27 bits per heavy atom. The predicted molar refractivity (Wildman–Crippen MR) is 44.8 cm³/mol. The summed E-state index contributed by atoms with van der Waals surface area (Å²) in [5.74, 6) is -1.10. The normalized spacial score (nSPS) is 8.91. The molecule has 0 saturated heterocycles. The Morgan fingerprint density at radius 2 is 2.09 bits per heavy atom. The van der Waals surface area contributed by atoms with E-state index >= 15 is 0 Å². The van der Waals surface area contributed by atoms with Gasteiger partial charge in [-0.3, -0.25) is 0 Å². The number of hydrogen-bond donors (Lipinski definition) is 1. The summed E-state index contributed by atoms with van der Waals surface area (Å²) in [6.07, 6.45) is 0. The van der Waals surface area contributed by atoms with Crippen molar-refractivity contribution in [2.75, 3.05) is 0 Å². The van der Waals surface area contributed by atoms with Gasteiger partial charge in [0.2, 0.25) is 0 Å². The van der Waals surface area contributed by atoms with Crippen molar-refractivity contribution in [1.29, 1.82) is 0 Å². The number of rotatable bonds is 1. The average molecular weight is 237 g/mol. The van der Waals surface area contributed by atoms with Gasteiger partial charge in [0.15, 0.2) is 10.0 Å². The zero-order valence-electron chi connectivity index (χ0n) is 5.47. The van der Waals surface area contributed by atoms with Gasteiger partial charge in [0.25, 0.3) is 0 Å². The van der Waals surface area contributed by atoms with E-state index in [1.165, 1.54) is 0 Å². The molecule has 0 spiro atoms. The number of carboxylic acids is 1. The molecule has 1 heterocycles. The number of aromatic nitrogens is 1. The van der Waals surface area contributed by atoms with E-state index in [0.29, 0.717) is 0 Å². The molecule has 0 fully saturated rings. The maximum atomic E-state index is 10.3. The molecule has 11 heavy (non-hydrogen) atoms. The van der Waals surface area contributed by atoms with E-state index in [1.807, 2.05) is 0 Å². The van der Waals surface area contributed by atoms with Crippen molar-refractivity contribution >= 4 is 92.1 Å². The summed E-state index contributed by atoms with van der Waals surface area (Å²) in [6.45, 7) is 0. The van der Waals surface area contributed by atoms with Crippen LogP contribution >= 0.6 is 34.7 Å². The van der Waals surface area contributed by atoms with Gasteiger partial charge in [-0.1, -0.05) is 23.2 Å². The molecule has 0 amide bonds. The molecule has 0 saturated carbocycles. The van der Waals surface area contributed by atoms with Gasteiger partial charge in [-0.25, -0.2) is 4.79 Å². The first-order valence-corrected chi connectivity index (χ1v) is 3.70. The van der Waals surface area contributed by atoms with E-state index in [0.717, 1.165) is 11.5 Å². The monoisotopic (exact) mass is 236 g/mol. The molecule has 1 aromatic heterocycles. The maximum absolute atomic E-state index is 10.3. The van der Waals surface area contributed by atoms with Gasteiger partial charge >= 0.3 is 5.97 Å². The van der Waals surface area contributed by atoms with Crippen LogP contribution in [-0.2, 0) is 0 Å². The summed E-state index contributed by atoms with van der Waals surface area (Å²) in [5, 5.41) is 8.46. The Hall–Kier alpha value is 1.32. The topological polar surface area (TPSA) is 50.2 Å². The molecule has 0 unspecified atom stereocenters. The average Bonchev–Trinajstić information content (AvgIpc) is 2.14. The quantitative estimate of drug-likeness (QED) is 0.757. The number of hydrogen-bond acceptors (Lipinski definition) is 3. The standard InChI is InChI=1S/C4HCl2NO2S.K/c5-1-2(4(8)9)10-7-3(1)6;/h(H,8,9);. The first-order valence-electron chi connectivity index (χ1n) is 2.17. The van der Waals surface area contributed by atoms with Crippen LogP contribution in [0.3, 0.4) is 0 Å². The molecule has 0 aromatic carbocycles. The second kappa shape index (κ2) is 5.13. The van der Waals surface area contributed by atoms with Crippen molar-refractivity contribution in [3.63, 3.8) is 0 Å². The Kier molecular flexibility index (Phi) is 5.75. The van der Waals surface area contributed by atoms with Crippen LogP contribution in [0.1, 0.15) is 9.67 Å². The minimum atomic E-state index is -1.10. The first kappa shape index (κ1) is 12.3. The van der Waals surface area contributed by atoms with Gasteiger partial charge in [0.1, 0.15) is 5.02 Å². The van der Waals surface area contributed by atoms with Crippen molar-refractivity contribution in [1.82, 2.24) is 4.37 Å². The van der Waals surface area contributed by atoms with Gasteiger partial charge < -0.3 is 5.11 Å². The van der Waals surface area contributed by atoms with Crippen LogP contribution in [0, 0.1) is 0 Å². The summed E-state index contributed by atoms with van der Waals surface area (Å²) >= 11 is 11.6. The zero-order chi connectivity index (χ0) is 7.72. The number of nitrogens with zero attached hydrogens (tertiary/aromatic N) is 1. The third kappa shape index (κ3) is 2.93. The van der Waals surface area contributed by atoms with Gasteiger partial charge in [0, 0.05) is 51.4 Å². The molecule has 55 valence electrons. The van der Waals surface area contributed by atoms with Crippen LogP contribution in [-0.4, -0.2) is 66.8 Å². The number of carbonyl (C=O) groups is 1. The molecule has 7 heteroatoms. The van der Waals surface area contributed by atoms with Gasteiger partial charge in [-0.2, -0.15) is 4.37 Å². The molecule has 1 rings (SSSR count). The Morgan fingerprint density at radius 1 is 1.55 bits per heavy atom. The SMILES string of the molecule is O=C(O)c1snc(Cl)c1Cl.[K]. The summed E-state index contributed by atoms with van der Waals surface area (Å²) in [5.41, 5.74) is 0. The van der Waals surface area contributed by atoms with Crippen LogP contribution < -0.4 is 0 Å². The van der Waals surface area contributed by atoms with Crippen LogP contribution in [0.2, 0.25) is 10.2 Å². The molecular weight excluding hydrogens is 236 g/mol. The fourth-order valence-electron chi connectivity index (χ4n) is 0.392. The summed E-state index contributed by atoms with van der Waals surface area (Å²) in [6, 6.07) is 0. The fourth-order valence-corrected chi connectivity index (χ4v) is 1.44. The van der Waals surface area contributed by atoms with E-state index in [4.69, 9.17) is 28.3 Å². The molecule has 0 aliphatic heterocycles. The van der Waals surface area contributed by atoms with E-state index in [9.17, 15) is 4.79 Å². The molecule has 1 aromatic rings. The van der Waals surface area contributed by atoms with Crippen LogP contribution in [0.4, 0.5) is 0 Å². The largest absolute Gasteiger partial charge is 0.477 e. The molecular formula is C4HCl2KNO2S. The van der Waals surface area contributed by atoms with Gasteiger partial charge in [-0.05, 0) is 11.5 Å². The van der Waals surface area contributed by atoms with Crippen molar-refractivity contribution in [3.8, 4) is 0 Å². The predicted octanol–water partition coefficient (Wildman–Crippen LogP) is 1.77. The fraction of sp³-hybridized carbons (Fsp3) is 0. The summed E-state index contributed by atoms with van der Waals surface area (Å²) < 4.78 is 3.53. The third-order valence-corrected chi connectivity index (χ3v) is 2.58. The van der Waals surface area contributed by atoms with E-state index in [1.54, 1.807) is 0 Å². The Bertz CT molecular complexity index is 277. The second-order valence-electron chi connectivity index (χ2n) is 1.42. The van der Waals surface area contributed by atoms with Crippen molar-refractivity contribution in [2.45, 2.75) is 0 Å². The van der Waals surface area contributed by atoms with Crippen LogP contribution in [0.25, 0.3) is 0 Å². The zero-order valence-corrected chi connectivity index (χ0v) is 10.9. The van der Waals surface area contributed by atoms with Gasteiger partial charge in [-0.15, -0.1) is 0 Å². The van der Waals surface area contributed by atoms with Gasteiger partial charge in [0.05, 0.1) is 0 Å². The molecule has 0 aliphatic rings. The third-order valence-electron chi connectivity index (χ3n) is 0.792. The van der Waals surface area contributed by atoms with E-state index in [2.05, 4.69) is 4.37 Å². The molecule has 1 radical (unpaired) electrons. The van der Waals surface area contributed by atoms with Crippen molar-refractivity contribution in [3.05, 3.63) is 15.1 Å². The Balaban J connectivity index is 0.000001000. The summed E-state index contributed by atoms with van der Waals surface area (Å²) in [7, 11) is 0. The number of aromatic carboxylic acids is 1. The molecule has 0 atom stereocenters. The maximum Gasteiger partial charge on any atom is 0.349 e. The summed E-state index contributed by atoms with van der Waals surface area (Å²) in [4.78, 5) is 10.2. The number of carboxylic acid groups (broad SMARTS) is 1. The molecule has 0 aliphatic carbocycles. The second-order valence-corrected chi connectivity index (χ2v) is 2.93. The minimum absolute atomic E-state index is 0. The van der Waals surface area contributed by atoms with Crippen molar-refractivity contribution in [2.24, 2.45) is 0 Å².